The standard InChI is InChI=1S/C16H22N4O2S2/c1-10-4-11(2)7-20(6-10)15(21)9-24-16-19-18-14(22-16)5-13-8-23-12(3)17-13/h8,10-11H,4-7,9H2,1-3H3/t10-,11-/m1/s1. The van der Waals surface area contributed by atoms with Gasteiger partial charge < -0.3 is 9.32 Å². The molecule has 0 radical (unpaired) electrons. The number of aryl methyl sites for hydroxylation is 1. The van der Waals surface area contributed by atoms with Crippen molar-refractivity contribution >= 4 is 29.0 Å². The largest absolute Gasteiger partial charge is 0.416 e. The van der Waals surface area contributed by atoms with Gasteiger partial charge in [-0.1, -0.05) is 25.6 Å². The highest BCUT2D eigenvalue weighted by molar-refractivity contribution is 7.99. The van der Waals surface area contributed by atoms with Gasteiger partial charge in [0.15, 0.2) is 0 Å². The second kappa shape index (κ2) is 7.65. The van der Waals surface area contributed by atoms with Gasteiger partial charge in [0, 0.05) is 18.5 Å². The molecular weight excluding hydrogens is 344 g/mol. The second-order valence-electron chi connectivity index (χ2n) is 6.53. The molecule has 2 aromatic heterocycles. The first-order valence-corrected chi connectivity index (χ1v) is 10.00. The van der Waals surface area contributed by atoms with Gasteiger partial charge in [0.1, 0.15) is 0 Å². The third kappa shape index (κ3) is 4.57. The van der Waals surface area contributed by atoms with Crippen molar-refractivity contribution in [2.45, 2.75) is 38.8 Å². The Hall–Kier alpha value is -1.41. The molecule has 3 heterocycles. The average Bonchev–Trinajstić information content (AvgIpc) is 3.13. The lowest BCUT2D eigenvalue weighted by Crippen LogP contribution is -2.43. The van der Waals surface area contributed by atoms with E-state index in [1.807, 2.05) is 17.2 Å². The molecule has 0 aromatic carbocycles. The molecule has 0 saturated carbocycles. The Morgan fingerprint density at radius 2 is 2.12 bits per heavy atom. The van der Waals surface area contributed by atoms with Crippen LogP contribution in [0.5, 0.6) is 0 Å². The predicted octanol–water partition coefficient (Wildman–Crippen LogP) is 3.02. The number of hydrogen-bond acceptors (Lipinski definition) is 7. The first-order chi connectivity index (χ1) is 11.5. The molecule has 3 rings (SSSR count). The SMILES string of the molecule is Cc1nc(Cc2nnc(SCC(=O)N3C[C@H](C)C[C@@H](C)C3)o2)cs1. The molecule has 0 unspecified atom stereocenters. The van der Waals surface area contributed by atoms with Crippen LogP contribution < -0.4 is 0 Å². The van der Waals surface area contributed by atoms with Gasteiger partial charge in [-0.15, -0.1) is 21.5 Å². The fraction of sp³-hybridized carbons (Fsp3) is 0.625. The zero-order valence-electron chi connectivity index (χ0n) is 14.2. The van der Waals surface area contributed by atoms with Crippen molar-refractivity contribution in [1.82, 2.24) is 20.1 Å². The molecule has 1 aliphatic heterocycles. The Kier molecular flexibility index (Phi) is 5.55. The first kappa shape index (κ1) is 17.4. The molecule has 1 saturated heterocycles. The predicted molar refractivity (Wildman–Crippen MR) is 94.2 cm³/mol. The van der Waals surface area contributed by atoms with Gasteiger partial charge in [-0.2, -0.15) is 0 Å². The number of carbonyl (C=O) groups is 1. The molecule has 2 aromatic rings. The van der Waals surface area contributed by atoms with E-state index in [0.29, 0.717) is 35.1 Å². The Labute approximate surface area is 150 Å². The molecule has 0 bridgehead atoms. The number of nitrogens with zero attached hydrogens (tertiary/aromatic N) is 4. The highest BCUT2D eigenvalue weighted by atomic mass is 32.2. The van der Waals surface area contributed by atoms with Crippen LogP contribution in [0.3, 0.4) is 0 Å². The van der Waals surface area contributed by atoms with Crippen molar-refractivity contribution in [1.29, 1.82) is 0 Å². The third-order valence-corrected chi connectivity index (χ3v) is 5.61. The van der Waals surface area contributed by atoms with Crippen LogP contribution in [0.25, 0.3) is 0 Å². The maximum Gasteiger partial charge on any atom is 0.277 e. The molecular formula is C16H22N4O2S2. The van der Waals surface area contributed by atoms with Crippen LogP contribution in [0.2, 0.25) is 0 Å². The van der Waals surface area contributed by atoms with Crippen molar-refractivity contribution in [2.75, 3.05) is 18.8 Å². The van der Waals surface area contributed by atoms with Gasteiger partial charge in [0.2, 0.25) is 11.8 Å². The fourth-order valence-corrected chi connectivity index (χ4v) is 4.39. The lowest BCUT2D eigenvalue weighted by molar-refractivity contribution is -0.130. The average molecular weight is 367 g/mol. The molecule has 130 valence electrons. The summed E-state index contributed by atoms with van der Waals surface area (Å²) < 4.78 is 5.61. The van der Waals surface area contributed by atoms with Crippen LogP contribution in [-0.2, 0) is 11.2 Å². The summed E-state index contributed by atoms with van der Waals surface area (Å²) in [5.41, 5.74) is 0.935. The Morgan fingerprint density at radius 3 is 2.79 bits per heavy atom. The van der Waals surface area contributed by atoms with E-state index in [1.54, 1.807) is 11.3 Å². The number of likely N-dealkylation sites (tertiary alicyclic amines) is 1. The van der Waals surface area contributed by atoms with Gasteiger partial charge in [0.25, 0.3) is 5.22 Å². The summed E-state index contributed by atoms with van der Waals surface area (Å²) in [4.78, 5) is 18.7. The normalized spacial score (nSPS) is 21.2. The highest BCUT2D eigenvalue weighted by Crippen LogP contribution is 2.23. The van der Waals surface area contributed by atoms with Gasteiger partial charge in [-0.25, -0.2) is 4.98 Å². The Bertz CT molecular complexity index is 690. The van der Waals surface area contributed by atoms with Gasteiger partial charge in [0.05, 0.1) is 22.9 Å². The number of thioether (sulfide) groups is 1. The number of aromatic nitrogens is 3. The van der Waals surface area contributed by atoms with E-state index in [4.69, 9.17) is 4.42 Å². The summed E-state index contributed by atoms with van der Waals surface area (Å²) in [5, 5.41) is 11.5. The maximum absolute atomic E-state index is 12.4. The molecule has 0 aliphatic carbocycles. The highest BCUT2D eigenvalue weighted by Gasteiger charge is 2.25. The minimum atomic E-state index is 0.147. The molecule has 8 heteroatoms. The monoisotopic (exact) mass is 366 g/mol. The number of rotatable bonds is 5. The summed E-state index contributed by atoms with van der Waals surface area (Å²) in [7, 11) is 0. The molecule has 1 fully saturated rings. The Morgan fingerprint density at radius 1 is 1.38 bits per heavy atom. The maximum atomic E-state index is 12.4. The number of hydrogen-bond donors (Lipinski definition) is 0. The first-order valence-electron chi connectivity index (χ1n) is 8.13. The molecule has 0 N–H and O–H groups in total. The third-order valence-electron chi connectivity index (χ3n) is 3.99. The lowest BCUT2D eigenvalue weighted by atomic mass is 9.92. The van der Waals surface area contributed by atoms with Crippen LogP contribution in [-0.4, -0.2) is 44.8 Å². The molecule has 6 nitrogen and oxygen atoms in total. The van der Waals surface area contributed by atoms with Gasteiger partial charge >= 0.3 is 0 Å². The van der Waals surface area contributed by atoms with Gasteiger partial charge in [-0.05, 0) is 25.2 Å². The van der Waals surface area contributed by atoms with Crippen LogP contribution in [0, 0.1) is 18.8 Å². The minimum Gasteiger partial charge on any atom is -0.416 e. The fourth-order valence-electron chi connectivity index (χ4n) is 3.09. The van der Waals surface area contributed by atoms with E-state index < -0.39 is 0 Å². The number of thiazole rings is 1. The van der Waals surface area contributed by atoms with E-state index in [2.05, 4.69) is 29.0 Å². The summed E-state index contributed by atoms with van der Waals surface area (Å²) in [5.74, 6) is 2.17. The molecule has 1 aliphatic rings. The van der Waals surface area contributed by atoms with Crippen LogP contribution in [0.15, 0.2) is 15.0 Å². The quantitative estimate of drug-likeness (QED) is 0.758. The molecule has 0 spiro atoms. The van der Waals surface area contributed by atoms with Gasteiger partial charge in [-0.3, -0.25) is 4.79 Å². The van der Waals surface area contributed by atoms with Crippen molar-refractivity contribution in [3.8, 4) is 0 Å². The van der Waals surface area contributed by atoms with E-state index in [-0.39, 0.29) is 5.91 Å². The summed E-state index contributed by atoms with van der Waals surface area (Å²) in [6, 6.07) is 0. The van der Waals surface area contributed by atoms with E-state index in [1.165, 1.54) is 18.2 Å². The van der Waals surface area contributed by atoms with Crippen molar-refractivity contribution in [2.24, 2.45) is 11.8 Å². The topological polar surface area (TPSA) is 72.1 Å². The van der Waals surface area contributed by atoms with Crippen LogP contribution in [0.1, 0.15) is 36.9 Å². The minimum absolute atomic E-state index is 0.147. The number of carbonyl (C=O) groups excluding carboxylic acids is 1. The van der Waals surface area contributed by atoms with Crippen molar-refractivity contribution in [3.05, 3.63) is 22.0 Å². The van der Waals surface area contributed by atoms with E-state index >= 15 is 0 Å². The molecule has 1 amide bonds. The van der Waals surface area contributed by atoms with Crippen LogP contribution in [0.4, 0.5) is 0 Å². The smallest absolute Gasteiger partial charge is 0.277 e. The lowest BCUT2D eigenvalue weighted by Gasteiger charge is -2.34. The van der Waals surface area contributed by atoms with E-state index in [9.17, 15) is 4.79 Å². The molecule has 2 atom stereocenters. The van der Waals surface area contributed by atoms with Crippen molar-refractivity contribution in [3.63, 3.8) is 0 Å². The number of piperidine rings is 1. The van der Waals surface area contributed by atoms with Crippen molar-refractivity contribution < 1.29 is 9.21 Å². The molecule has 24 heavy (non-hydrogen) atoms. The summed E-state index contributed by atoms with van der Waals surface area (Å²) >= 11 is 2.92. The Balaban J connectivity index is 1.50. The van der Waals surface area contributed by atoms with E-state index in [0.717, 1.165) is 23.8 Å². The summed E-state index contributed by atoms with van der Waals surface area (Å²) in [6.45, 7) is 8.07. The summed E-state index contributed by atoms with van der Waals surface area (Å²) in [6.07, 6.45) is 1.73. The zero-order chi connectivity index (χ0) is 17.1. The second-order valence-corrected chi connectivity index (χ2v) is 8.52. The number of amides is 1. The zero-order valence-corrected chi connectivity index (χ0v) is 15.8. The van der Waals surface area contributed by atoms with Crippen LogP contribution >= 0.6 is 23.1 Å².